The molecule has 0 atom stereocenters. The Bertz CT molecular complexity index is 885. The number of imide groups is 1. The monoisotopic (exact) mass is 423 g/mol. The highest BCUT2D eigenvalue weighted by Gasteiger charge is 2.37. The number of piperazine rings is 1. The molecule has 4 rings (SSSR count). The molecule has 0 aromatic heterocycles. The predicted octanol–water partition coefficient (Wildman–Crippen LogP) is 4.02. The number of carbonyl (C=O) groups is 2. The van der Waals surface area contributed by atoms with Gasteiger partial charge in [0.05, 0.1) is 27.8 Å². The molecule has 2 aromatic rings. The predicted molar refractivity (Wildman–Crippen MR) is 107 cm³/mol. The summed E-state index contributed by atoms with van der Waals surface area (Å²) in [4.78, 5) is 30.8. The third kappa shape index (κ3) is 3.52. The minimum absolute atomic E-state index is 0.255. The topological polar surface area (TPSA) is 43.9 Å². The second-order valence-electron chi connectivity index (χ2n) is 6.58. The molecule has 5 nitrogen and oxygen atoms in total. The van der Waals surface area contributed by atoms with Crippen molar-refractivity contribution in [2.75, 3.05) is 37.7 Å². The van der Waals surface area contributed by atoms with Crippen LogP contribution in [0.15, 0.2) is 36.4 Å². The lowest BCUT2D eigenvalue weighted by molar-refractivity contribution is 0.0535. The van der Waals surface area contributed by atoms with Crippen LogP contribution in [0.4, 0.5) is 5.69 Å². The number of rotatable bonds is 3. The molecule has 0 radical (unpaired) electrons. The van der Waals surface area contributed by atoms with Crippen molar-refractivity contribution in [3.05, 3.63) is 62.6 Å². The van der Waals surface area contributed by atoms with Gasteiger partial charge in [0.15, 0.2) is 0 Å². The Morgan fingerprint density at radius 3 is 1.96 bits per heavy atom. The van der Waals surface area contributed by atoms with Gasteiger partial charge in [0, 0.05) is 36.9 Å². The first-order valence-corrected chi connectivity index (χ1v) is 9.65. The third-order valence-electron chi connectivity index (χ3n) is 4.90. The summed E-state index contributed by atoms with van der Waals surface area (Å²) in [7, 11) is 0. The number of carbonyl (C=O) groups excluding carboxylic acids is 2. The molecule has 2 aromatic carbocycles. The third-order valence-corrected chi connectivity index (χ3v) is 5.86. The average molecular weight is 425 g/mol. The van der Waals surface area contributed by atoms with E-state index < -0.39 is 0 Å². The van der Waals surface area contributed by atoms with Gasteiger partial charge in [-0.3, -0.25) is 19.4 Å². The summed E-state index contributed by atoms with van der Waals surface area (Å²) < 4.78 is 0. The van der Waals surface area contributed by atoms with E-state index in [2.05, 4.69) is 9.80 Å². The van der Waals surface area contributed by atoms with Crippen LogP contribution in [-0.4, -0.2) is 54.5 Å². The molecule has 2 heterocycles. The van der Waals surface area contributed by atoms with Gasteiger partial charge in [-0.2, -0.15) is 0 Å². The van der Waals surface area contributed by atoms with Gasteiger partial charge < -0.3 is 4.90 Å². The molecule has 2 aliphatic rings. The van der Waals surface area contributed by atoms with Crippen molar-refractivity contribution in [3.63, 3.8) is 0 Å². The molecule has 1 saturated heterocycles. The fourth-order valence-electron chi connectivity index (χ4n) is 3.43. The van der Waals surface area contributed by atoms with E-state index in [-0.39, 0.29) is 28.5 Å². The second-order valence-corrected chi connectivity index (χ2v) is 7.83. The average Bonchev–Trinajstić information content (AvgIpc) is 2.87. The zero-order valence-corrected chi connectivity index (χ0v) is 16.6. The molecule has 0 bridgehead atoms. The highest BCUT2D eigenvalue weighted by Crippen LogP contribution is 2.31. The lowest BCUT2D eigenvalue weighted by atomic mass is 10.1. The van der Waals surface area contributed by atoms with E-state index in [0.717, 1.165) is 31.9 Å². The van der Waals surface area contributed by atoms with Gasteiger partial charge in [-0.25, -0.2) is 0 Å². The molecule has 0 aliphatic carbocycles. The number of hydrogen-bond donors (Lipinski definition) is 0. The molecule has 2 amide bonds. The molecule has 0 unspecified atom stereocenters. The number of halogens is 3. The van der Waals surface area contributed by atoms with Gasteiger partial charge in [0.1, 0.15) is 0 Å². The first-order valence-electron chi connectivity index (χ1n) is 8.52. The number of anilines is 1. The molecule has 140 valence electrons. The molecule has 1 fully saturated rings. The lowest BCUT2D eigenvalue weighted by Gasteiger charge is -2.37. The van der Waals surface area contributed by atoms with E-state index in [1.165, 1.54) is 17.0 Å². The van der Waals surface area contributed by atoms with Crippen LogP contribution in [0.5, 0.6) is 0 Å². The Balaban J connectivity index is 1.42. The van der Waals surface area contributed by atoms with Crippen molar-refractivity contribution in [2.45, 2.75) is 0 Å². The summed E-state index contributed by atoms with van der Waals surface area (Å²) in [6.45, 7) is 3.32. The molecule has 0 saturated carbocycles. The van der Waals surface area contributed by atoms with E-state index in [4.69, 9.17) is 34.8 Å². The maximum absolute atomic E-state index is 12.6. The maximum atomic E-state index is 12.6. The van der Waals surface area contributed by atoms with Crippen LogP contribution in [0.2, 0.25) is 15.1 Å². The summed E-state index contributed by atoms with van der Waals surface area (Å²) in [5.41, 5.74) is 1.70. The number of nitrogens with zero attached hydrogens (tertiary/aromatic N) is 3. The maximum Gasteiger partial charge on any atom is 0.262 e. The number of fused-ring (bicyclic) bond motifs is 1. The van der Waals surface area contributed by atoms with Crippen LogP contribution in [0, 0.1) is 0 Å². The fourth-order valence-corrected chi connectivity index (χ4v) is 3.94. The Labute approximate surface area is 172 Å². The molecule has 0 spiro atoms. The Morgan fingerprint density at radius 1 is 0.815 bits per heavy atom. The van der Waals surface area contributed by atoms with E-state index in [1.807, 2.05) is 24.3 Å². The first-order chi connectivity index (χ1) is 12.9. The van der Waals surface area contributed by atoms with Gasteiger partial charge in [0.2, 0.25) is 0 Å². The van der Waals surface area contributed by atoms with E-state index in [0.29, 0.717) is 16.1 Å². The van der Waals surface area contributed by atoms with E-state index >= 15 is 0 Å². The number of amides is 2. The molecule has 27 heavy (non-hydrogen) atoms. The molecular formula is C19H16Cl3N3O2. The van der Waals surface area contributed by atoms with Crippen molar-refractivity contribution in [1.29, 1.82) is 0 Å². The Hall–Kier alpha value is -1.79. The fraction of sp³-hybridized carbons (Fsp3) is 0.263. The zero-order valence-electron chi connectivity index (χ0n) is 14.3. The van der Waals surface area contributed by atoms with Crippen LogP contribution in [-0.2, 0) is 0 Å². The van der Waals surface area contributed by atoms with Crippen molar-refractivity contribution < 1.29 is 9.59 Å². The number of hydrogen-bond acceptors (Lipinski definition) is 4. The van der Waals surface area contributed by atoms with Gasteiger partial charge in [0.25, 0.3) is 11.8 Å². The van der Waals surface area contributed by atoms with Crippen molar-refractivity contribution in [2.24, 2.45) is 0 Å². The normalized spacial score (nSPS) is 17.6. The minimum atomic E-state index is -0.328. The van der Waals surface area contributed by atoms with Gasteiger partial charge >= 0.3 is 0 Å². The van der Waals surface area contributed by atoms with Crippen LogP contribution in [0.1, 0.15) is 20.7 Å². The van der Waals surface area contributed by atoms with Crippen molar-refractivity contribution in [1.82, 2.24) is 9.80 Å². The number of benzene rings is 2. The van der Waals surface area contributed by atoms with Gasteiger partial charge in [-0.1, -0.05) is 40.9 Å². The van der Waals surface area contributed by atoms with Crippen molar-refractivity contribution in [3.8, 4) is 0 Å². The highest BCUT2D eigenvalue weighted by molar-refractivity contribution is 6.43. The van der Waals surface area contributed by atoms with Crippen molar-refractivity contribution >= 4 is 52.3 Å². The lowest BCUT2D eigenvalue weighted by Crippen LogP contribution is -2.51. The first kappa shape index (κ1) is 18.6. The quantitative estimate of drug-likeness (QED) is 0.698. The second kappa shape index (κ2) is 7.32. The molecule has 0 N–H and O–H groups in total. The van der Waals surface area contributed by atoms with E-state index in [9.17, 15) is 9.59 Å². The molecule has 2 aliphatic heterocycles. The van der Waals surface area contributed by atoms with E-state index in [1.54, 1.807) is 0 Å². The van der Waals surface area contributed by atoms with Crippen LogP contribution in [0.25, 0.3) is 0 Å². The summed E-state index contributed by atoms with van der Waals surface area (Å²) in [5, 5.41) is 1.25. The summed E-state index contributed by atoms with van der Waals surface area (Å²) in [6.07, 6.45) is 0. The standard InChI is InChI=1S/C19H16Cl3N3O2/c20-12-2-1-3-13(8-12)24-6-4-23(5-7-24)11-25-18(26)14-9-16(21)17(22)10-15(14)19(25)27/h1-3,8-10H,4-7,11H2. The summed E-state index contributed by atoms with van der Waals surface area (Å²) in [5.74, 6) is -0.656. The Kier molecular flexibility index (Phi) is 5.03. The highest BCUT2D eigenvalue weighted by atomic mass is 35.5. The molecule has 8 heteroatoms. The zero-order chi connectivity index (χ0) is 19.1. The smallest absolute Gasteiger partial charge is 0.262 e. The largest absolute Gasteiger partial charge is 0.369 e. The molecular weight excluding hydrogens is 409 g/mol. The Morgan fingerprint density at radius 2 is 1.41 bits per heavy atom. The SMILES string of the molecule is O=C1c2cc(Cl)c(Cl)cc2C(=O)N1CN1CCN(c2cccc(Cl)c2)CC1. The minimum Gasteiger partial charge on any atom is -0.369 e. The van der Waals surface area contributed by atoms with Crippen LogP contribution >= 0.6 is 34.8 Å². The summed E-state index contributed by atoms with van der Waals surface area (Å²) in [6, 6.07) is 10.7. The van der Waals surface area contributed by atoms with Crippen LogP contribution in [0.3, 0.4) is 0 Å². The van der Waals surface area contributed by atoms with Gasteiger partial charge in [-0.15, -0.1) is 0 Å². The van der Waals surface area contributed by atoms with Crippen LogP contribution < -0.4 is 4.90 Å². The summed E-state index contributed by atoms with van der Waals surface area (Å²) >= 11 is 18.0. The van der Waals surface area contributed by atoms with Gasteiger partial charge in [-0.05, 0) is 30.3 Å².